The van der Waals surface area contributed by atoms with Gasteiger partial charge in [0.05, 0.1) is 5.69 Å². The summed E-state index contributed by atoms with van der Waals surface area (Å²) in [5.74, 6) is 0.261. The number of nitrogens with two attached hydrogens (primary N) is 1. The van der Waals surface area contributed by atoms with Crippen LogP contribution in [0.25, 0.3) is 16.9 Å². The van der Waals surface area contributed by atoms with Crippen molar-refractivity contribution in [3.63, 3.8) is 0 Å². The van der Waals surface area contributed by atoms with Crippen molar-refractivity contribution in [2.75, 3.05) is 36.8 Å². The molecule has 0 saturated carbocycles. The van der Waals surface area contributed by atoms with Crippen LogP contribution in [0.1, 0.15) is 20.8 Å². The Kier molecular flexibility index (Phi) is 4.77. The maximum Gasteiger partial charge on any atom is 0.410 e. The van der Waals surface area contributed by atoms with Gasteiger partial charge in [-0.3, -0.25) is 0 Å². The van der Waals surface area contributed by atoms with Crippen LogP contribution in [-0.4, -0.2) is 57.4 Å². The van der Waals surface area contributed by atoms with Crippen molar-refractivity contribution in [3.8, 4) is 11.3 Å². The summed E-state index contributed by atoms with van der Waals surface area (Å²) in [4.78, 5) is 20.5. The monoisotopic (exact) mass is 394 g/mol. The summed E-state index contributed by atoms with van der Waals surface area (Å²) < 4.78 is 7.22. The molecule has 0 unspecified atom stereocenters. The smallest absolute Gasteiger partial charge is 0.410 e. The van der Waals surface area contributed by atoms with Crippen LogP contribution in [0, 0.1) is 0 Å². The number of nitrogens with zero attached hydrogens (tertiary/aromatic N) is 5. The third-order valence-electron chi connectivity index (χ3n) is 4.84. The molecule has 29 heavy (non-hydrogen) atoms. The first-order valence-electron chi connectivity index (χ1n) is 9.75. The van der Waals surface area contributed by atoms with E-state index >= 15 is 0 Å². The summed E-state index contributed by atoms with van der Waals surface area (Å²) in [6, 6.07) is 14.2. The number of pyridine rings is 1. The van der Waals surface area contributed by atoms with E-state index in [0.717, 1.165) is 35.7 Å². The highest BCUT2D eigenvalue weighted by molar-refractivity contribution is 5.69. The van der Waals surface area contributed by atoms with Crippen LogP contribution in [0.2, 0.25) is 0 Å². The molecule has 1 amide bonds. The maximum absolute atomic E-state index is 12.2. The summed E-state index contributed by atoms with van der Waals surface area (Å²) in [6.45, 7) is 8.49. The zero-order valence-corrected chi connectivity index (χ0v) is 17.0. The number of carbonyl (C=O) groups is 1. The van der Waals surface area contributed by atoms with Crippen LogP contribution in [0.4, 0.5) is 16.4 Å². The second-order valence-corrected chi connectivity index (χ2v) is 8.15. The van der Waals surface area contributed by atoms with E-state index in [1.165, 1.54) is 0 Å². The number of carbonyl (C=O) groups excluding carboxylic acids is 1. The first-order chi connectivity index (χ1) is 13.8. The zero-order chi connectivity index (χ0) is 20.6. The fraction of sp³-hybridized carbons (Fsp3) is 0.381. The molecule has 0 aliphatic carbocycles. The minimum absolute atomic E-state index is 0.243. The van der Waals surface area contributed by atoms with E-state index in [9.17, 15) is 4.79 Å². The number of fused-ring (bicyclic) bond motifs is 1. The fourth-order valence-corrected chi connectivity index (χ4v) is 3.46. The quantitative estimate of drug-likeness (QED) is 0.719. The second kappa shape index (κ2) is 7.27. The van der Waals surface area contributed by atoms with E-state index in [2.05, 4.69) is 39.2 Å². The van der Waals surface area contributed by atoms with Crippen LogP contribution < -0.4 is 10.6 Å². The lowest BCUT2D eigenvalue weighted by Gasteiger charge is -2.36. The van der Waals surface area contributed by atoms with Gasteiger partial charge in [-0.05, 0) is 45.0 Å². The van der Waals surface area contributed by atoms with Crippen molar-refractivity contribution >= 4 is 23.4 Å². The Hall–Kier alpha value is -3.29. The van der Waals surface area contributed by atoms with Gasteiger partial charge in [0.1, 0.15) is 5.60 Å². The Morgan fingerprint density at radius 3 is 2.38 bits per heavy atom. The standard InChI is InChI=1S/C21H26N6O2/c1-21(2,3)29-20(28)26-13-11-25(12-14-26)16-9-7-15(8-10-16)17-5-4-6-18-23-19(22)24-27(17)18/h4-10H,11-14H2,1-3H3,(H2,22,24). The highest BCUT2D eigenvalue weighted by Crippen LogP contribution is 2.25. The molecule has 0 bridgehead atoms. The third kappa shape index (κ3) is 4.11. The highest BCUT2D eigenvalue weighted by Gasteiger charge is 2.26. The van der Waals surface area contributed by atoms with E-state index in [0.29, 0.717) is 13.1 Å². The minimum Gasteiger partial charge on any atom is -0.444 e. The predicted molar refractivity (Wildman–Crippen MR) is 113 cm³/mol. The first kappa shape index (κ1) is 19.0. The van der Waals surface area contributed by atoms with Crippen molar-refractivity contribution in [1.29, 1.82) is 0 Å². The Bertz CT molecular complexity index is 1010. The molecule has 8 nitrogen and oxygen atoms in total. The van der Waals surface area contributed by atoms with Gasteiger partial charge in [-0.25, -0.2) is 9.31 Å². The number of amides is 1. The van der Waals surface area contributed by atoms with Crippen molar-refractivity contribution in [1.82, 2.24) is 19.5 Å². The largest absolute Gasteiger partial charge is 0.444 e. The van der Waals surface area contributed by atoms with Crippen LogP contribution in [0.5, 0.6) is 0 Å². The average Bonchev–Trinajstić information content (AvgIpc) is 3.07. The number of nitrogen functional groups attached to an aromatic ring is 1. The third-order valence-corrected chi connectivity index (χ3v) is 4.84. The lowest BCUT2D eigenvalue weighted by Crippen LogP contribution is -2.50. The normalized spacial score (nSPS) is 15.0. The lowest BCUT2D eigenvalue weighted by atomic mass is 10.1. The SMILES string of the molecule is CC(C)(C)OC(=O)N1CCN(c2ccc(-c3cccc4nc(N)nn34)cc2)CC1. The molecule has 1 aliphatic heterocycles. The zero-order valence-electron chi connectivity index (χ0n) is 17.0. The molecule has 1 saturated heterocycles. The fourth-order valence-electron chi connectivity index (χ4n) is 3.46. The molecule has 3 aromatic rings. The number of piperazine rings is 1. The minimum atomic E-state index is -0.471. The van der Waals surface area contributed by atoms with Gasteiger partial charge >= 0.3 is 6.09 Å². The van der Waals surface area contributed by atoms with E-state index in [1.54, 1.807) is 9.42 Å². The molecular formula is C21H26N6O2. The van der Waals surface area contributed by atoms with Gasteiger partial charge in [-0.15, -0.1) is 5.10 Å². The van der Waals surface area contributed by atoms with Gasteiger partial charge in [0.25, 0.3) is 0 Å². The van der Waals surface area contributed by atoms with Gasteiger partial charge in [0.15, 0.2) is 5.65 Å². The summed E-state index contributed by atoms with van der Waals surface area (Å²) in [5.41, 5.74) is 9.10. The van der Waals surface area contributed by atoms with E-state index in [-0.39, 0.29) is 12.0 Å². The van der Waals surface area contributed by atoms with Crippen LogP contribution >= 0.6 is 0 Å². The van der Waals surface area contributed by atoms with Crippen LogP contribution in [-0.2, 0) is 4.74 Å². The molecule has 3 heterocycles. The average molecular weight is 394 g/mol. The number of anilines is 2. The Morgan fingerprint density at radius 1 is 1.03 bits per heavy atom. The molecule has 0 spiro atoms. The van der Waals surface area contributed by atoms with Crippen molar-refractivity contribution < 1.29 is 9.53 Å². The summed E-state index contributed by atoms with van der Waals surface area (Å²) in [6.07, 6.45) is -0.243. The summed E-state index contributed by atoms with van der Waals surface area (Å²) >= 11 is 0. The Balaban J connectivity index is 1.45. The molecule has 1 fully saturated rings. The molecule has 0 radical (unpaired) electrons. The molecule has 1 aromatic carbocycles. The number of hydrogen-bond donors (Lipinski definition) is 1. The molecule has 152 valence electrons. The first-order valence-corrected chi connectivity index (χ1v) is 9.75. The Morgan fingerprint density at radius 2 is 1.72 bits per heavy atom. The van der Waals surface area contributed by atoms with E-state index in [4.69, 9.17) is 10.5 Å². The summed E-state index contributed by atoms with van der Waals surface area (Å²) in [5, 5.41) is 4.28. The lowest BCUT2D eigenvalue weighted by molar-refractivity contribution is 0.0240. The molecule has 0 atom stereocenters. The predicted octanol–water partition coefficient (Wildman–Crippen LogP) is 3.04. The number of rotatable bonds is 2. The highest BCUT2D eigenvalue weighted by atomic mass is 16.6. The van der Waals surface area contributed by atoms with E-state index < -0.39 is 5.60 Å². The van der Waals surface area contributed by atoms with Gasteiger partial charge < -0.3 is 20.3 Å². The number of hydrogen-bond acceptors (Lipinski definition) is 6. The molecule has 8 heteroatoms. The van der Waals surface area contributed by atoms with E-state index in [1.807, 2.05) is 39.0 Å². The second-order valence-electron chi connectivity index (χ2n) is 8.15. The maximum atomic E-state index is 12.2. The number of aromatic nitrogens is 3. The Labute approximate surface area is 169 Å². The van der Waals surface area contributed by atoms with Crippen molar-refractivity contribution in [3.05, 3.63) is 42.5 Å². The van der Waals surface area contributed by atoms with Crippen molar-refractivity contribution in [2.24, 2.45) is 0 Å². The van der Waals surface area contributed by atoms with Gasteiger partial charge in [0.2, 0.25) is 5.95 Å². The molecular weight excluding hydrogens is 368 g/mol. The van der Waals surface area contributed by atoms with Gasteiger partial charge in [-0.2, -0.15) is 4.98 Å². The van der Waals surface area contributed by atoms with Crippen LogP contribution in [0.3, 0.4) is 0 Å². The molecule has 2 N–H and O–H groups in total. The van der Waals surface area contributed by atoms with Gasteiger partial charge in [-0.1, -0.05) is 18.2 Å². The molecule has 4 rings (SSSR count). The number of ether oxygens (including phenoxy) is 1. The molecule has 1 aliphatic rings. The molecule has 2 aromatic heterocycles. The summed E-state index contributed by atoms with van der Waals surface area (Å²) in [7, 11) is 0. The van der Waals surface area contributed by atoms with Crippen molar-refractivity contribution in [2.45, 2.75) is 26.4 Å². The number of benzene rings is 1. The van der Waals surface area contributed by atoms with Crippen LogP contribution in [0.15, 0.2) is 42.5 Å². The van der Waals surface area contributed by atoms with Gasteiger partial charge in [0, 0.05) is 37.4 Å². The topological polar surface area (TPSA) is 89.0 Å².